The standard InChI is InChI=1S/C10H15N3O2S/c1-11-9-12-4-7(16-9)8(15)13-5-10(6-14)2-3-10/h4,14H,2-3,5-6H2,1H3,(H,11,12)(H,13,15). The predicted molar refractivity (Wildman–Crippen MR) is 62.7 cm³/mol. The quantitative estimate of drug-likeness (QED) is 0.709. The largest absolute Gasteiger partial charge is 0.396 e. The predicted octanol–water partition coefficient (Wildman–Crippen LogP) is 0.687. The molecule has 88 valence electrons. The normalized spacial score (nSPS) is 16.9. The summed E-state index contributed by atoms with van der Waals surface area (Å²) in [5, 5.41) is 15.6. The van der Waals surface area contributed by atoms with Gasteiger partial charge in [0.1, 0.15) is 4.88 Å². The first-order chi connectivity index (χ1) is 7.69. The van der Waals surface area contributed by atoms with Crippen molar-refractivity contribution in [3.63, 3.8) is 0 Å². The lowest BCUT2D eigenvalue weighted by atomic mass is 10.1. The summed E-state index contributed by atoms with van der Waals surface area (Å²) in [6.07, 6.45) is 3.55. The molecule has 5 nitrogen and oxygen atoms in total. The van der Waals surface area contributed by atoms with E-state index in [-0.39, 0.29) is 17.9 Å². The van der Waals surface area contributed by atoms with Crippen LogP contribution < -0.4 is 10.6 Å². The second-order valence-corrected chi connectivity index (χ2v) is 5.15. The molecule has 3 N–H and O–H groups in total. The molecule has 1 aliphatic carbocycles. The monoisotopic (exact) mass is 241 g/mol. The number of aliphatic hydroxyl groups excluding tert-OH is 1. The average molecular weight is 241 g/mol. The molecule has 0 spiro atoms. The average Bonchev–Trinajstić information content (AvgIpc) is 2.94. The highest BCUT2D eigenvalue weighted by atomic mass is 32.1. The van der Waals surface area contributed by atoms with Crippen molar-refractivity contribution < 1.29 is 9.90 Å². The minimum atomic E-state index is -0.112. The molecule has 1 aliphatic rings. The molecule has 1 amide bonds. The van der Waals surface area contributed by atoms with Gasteiger partial charge in [-0.1, -0.05) is 11.3 Å². The number of hydrogen-bond donors (Lipinski definition) is 3. The molecule has 1 heterocycles. The molecule has 0 atom stereocenters. The van der Waals surface area contributed by atoms with Crippen LogP contribution in [0, 0.1) is 5.41 Å². The van der Waals surface area contributed by atoms with Gasteiger partial charge in [0, 0.05) is 19.0 Å². The Morgan fingerprint density at radius 1 is 1.69 bits per heavy atom. The molecule has 1 aromatic heterocycles. The molecular weight excluding hydrogens is 226 g/mol. The van der Waals surface area contributed by atoms with Crippen molar-refractivity contribution in [3.8, 4) is 0 Å². The van der Waals surface area contributed by atoms with E-state index < -0.39 is 0 Å². The maximum Gasteiger partial charge on any atom is 0.263 e. The lowest BCUT2D eigenvalue weighted by molar-refractivity contribution is 0.0939. The second-order valence-electron chi connectivity index (χ2n) is 4.12. The molecule has 1 fully saturated rings. The molecule has 1 aromatic rings. The van der Waals surface area contributed by atoms with Gasteiger partial charge in [0.05, 0.1) is 12.8 Å². The molecule has 16 heavy (non-hydrogen) atoms. The minimum Gasteiger partial charge on any atom is -0.396 e. The zero-order valence-electron chi connectivity index (χ0n) is 9.12. The van der Waals surface area contributed by atoms with Crippen molar-refractivity contribution in [3.05, 3.63) is 11.1 Å². The molecule has 6 heteroatoms. The van der Waals surface area contributed by atoms with Gasteiger partial charge in [-0.3, -0.25) is 4.79 Å². The Morgan fingerprint density at radius 2 is 2.44 bits per heavy atom. The van der Waals surface area contributed by atoms with E-state index in [1.54, 1.807) is 13.2 Å². The summed E-state index contributed by atoms with van der Waals surface area (Å²) in [5.41, 5.74) is -0.0494. The fourth-order valence-electron chi connectivity index (χ4n) is 1.42. The number of nitrogens with one attached hydrogen (secondary N) is 2. The Labute approximate surface area is 97.9 Å². The van der Waals surface area contributed by atoms with Crippen molar-refractivity contribution >= 4 is 22.4 Å². The van der Waals surface area contributed by atoms with E-state index in [2.05, 4.69) is 15.6 Å². The zero-order valence-corrected chi connectivity index (χ0v) is 9.93. The van der Waals surface area contributed by atoms with Gasteiger partial charge in [-0.15, -0.1) is 0 Å². The first-order valence-corrected chi connectivity index (χ1v) is 6.03. The van der Waals surface area contributed by atoms with Gasteiger partial charge in [0.25, 0.3) is 5.91 Å². The SMILES string of the molecule is CNc1ncc(C(=O)NCC2(CO)CC2)s1. The Kier molecular flexibility index (Phi) is 3.11. The summed E-state index contributed by atoms with van der Waals surface area (Å²) in [4.78, 5) is 16.3. The maximum absolute atomic E-state index is 11.7. The lowest BCUT2D eigenvalue weighted by Gasteiger charge is -2.11. The zero-order chi connectivity index (χ0) is 11.6. The number of aliphatic hydroxyl groups is 1. The second kappa shape index (κ2) is 4.39. The number of carbonyl (C=O) groups is 1. The van der Waals surface area contributed by atoms with E-state index >= 15 is 0 Å². The van der Waals surface area contributed by atoms with Crippen LogP contribution in [0.4, 0.5) is 5.13 Å². The highest BCUT2D eigenvalue weighted by Gasteiger charge is 2.42. The first-order valence-electron chi connectivity index (χ1n) is 5.22. The number of rotatable bonds is 5. The molecule has 0 bridgehead atoms. The van der Waals surface area contributed by atoms with Crippen molar-refractivity contribution in [2.45, 2.75) is 12.8 Å². The third-order valence-corrected chi connectivity index (χ3v) is 3.87. The molecule has 2 rings (SSSR count). The van der Waals surface area contributed by atoms with E-state index in [9.17, 15) is 4.79 Å². The van der Waals surface area contributed by atoms with E-state index in [1.165, 1.54) is 11.3 Å². The Balaban J connectivity index is 1.88. The number of carbonyl (C=O) groups excluding carboxylic acids is 1. The topological polar surface area (TPSA) is 74.2 Å². The third kappa shape index (κ3) is 2.33. The fourth-order valence-corrected chi connectivity index (χ4v) is 2.10. The van der Waals surface area contributed by atoms with E-state index in [0.717, 1.165) is 18.0 Å². The highest BCUT2D eigenvalue weighted by molar-refractivity contribution is 7.17. The summed E-state index contributed by atoms with van der Waals surface area (Å²) < 4.78 is 0. The summed E-state index contributed by atoms with van der Waals surface area (Å²) in [6, 6.07) is 0. The van der Waals surface area contributed by atoms with Gasteiger partial charge < -0.3 is 15.7 Å². The van der Waals surface area contributed by atoms with Crippen LogP contribution in [0.1, 0.15) is 22.5 Å². The number of hydrogen-bond acceptors (Lipinski definition) is 5. The molecule has 1 saturated carbocycles. The van der Waals surface area contributed by atoms with Gasteiger partial charge in [-0.25, -0.2) is 4.98 Å². The van der Waals surface area contributed by atoms with E-state index in [0.29, 0.717) is 11.4 Å². The van der Waals surface area contributed by atoms with Crippen LogP contribution in [0.3, 0.4) is 0 Å². The van der Waals surface area contributed by atoms with Crippen molar-refractivity contribution in [2.24, 2.45) is 5.41 Å². The van der Waals surface area contributed by atoms with E-state index in [1.807, 2.05) is 0 Å². The molecular formula is C10H15N3O2S. The summed E-state index contributed by atoms with van der Waals surface area (Å²) in [5.74, 6) is -0.112. The fraction of sp³-hybridized carbons (Fsp3) is 0.600. The van der Waals surface area contributed by atoms with Crippen molar-refractivity contribution in [1.82, 2.24) is 10.3 Å². The van der Waals surface area contributed by atoms with Gasteiger partial charge >= 0.3 is 0 Å². The van der Waals surface area contributed by atoms with Gasteiger partial charge in [-0.2, -0.15) is 0 Å². The highest BCUT2D eigenvalue weighted by Crippen LogP contribution is 2.44. The smallest absolute Gasteiger partial charge is 0.263 e. The number of aromatic nitrogens is 1. The number of amides is 1. The van der Waals surface area contributed by atoms with Crippen LogP contribution in [0.25, 0.3) is 0 Å². The van der Waals surface area contributed by atoms with E-state index in [4.69, 9.17) is 5.11 Å². The Hall–Kier alpha value is -1.14. The van der Waals surface area contributed by atoms with Gasteiger partial charge in [-0.05, 0) is 12.8 Å². The number of nitrogens with zero attached hydrogens (tertiary/aromatic N) is 1. The number of anilines is 1. The lowest BCUT2D eigenvalue weighted by Crippen LogP contribution is -2.31. The summed E-state index contributed by atoms with van der Waals surface area (Å²) in [6.45, 7) is 0.701. The molecule has 0 radical (unpaired) electrons. The molecule has 0 unspecified atom stereocenters. The van der Waals surface area contributed by atoms with Crippen LogP contribution in [0.2, 0.25) is 0 Å². The molecule has 0 saturated heterocycles. The van der Waals surface area contributed by atoms with Crippen LogP contribution in [0.5, 0.6) is 0 Å². The molecule has 0 aromatic carbocycles. The maximum atomic E-state index is 11.7. The number of thiazole rings is 1. The van der Waals surface area contributed by atoms with Crippen molar-refractivity contribution in [1.29, 1.82) is 0 Å². The van der Waals surface area contributed by atoms with Crippen LogP contribution in [-0.4, -0.2) is 36.2 Å². The Morgan fingerprint density at radius 3 is 2.94 bits per heavy atom. The molecule has 0 aliphatic heterocycles. The Bertz CT molecular complexity index is 387. The van der Waals surface area contributed by atoms with Gasteiger partial charge in [0.15, 0.2) is 5.13 Å². The minimum absolute atomic E-state index is 0.0494. The summed E-state index contributed by atoms with van der Waals surface area (Å²) >= 11 is 1.32. The van der Waals surface area contributed by atoms with Crippen LogP contribution in [0.15, 0.2) is 6.20 Å². The van der Waals surface area contributed by atoms with Gasteiger partial charge in [0.2, 0.25) is 0 Å². The third-order valence-electron chi connectivity index (χ3n) is 2.86. The van der Waals surface area contributed by atoms with Crippen LogP contribution >= 0.6 is 11.3 Å². The summed E-state index contributed by atoms with van der Waals surface area (Å²) in [7, 11) is 1.77. The van der Waals surface area contributed by atoms with Crippen molar-refractivity contribution in [2.75, 3.05) is 25.5 Å². The van der Waals surface area contributed by atoms with Crippen LogP contribution in [-0.2, 0) is 0 Å². The first kappa shape index (κ1) is 11.3.